The Morgan fingerprint density at radius 1 is 1.13 bits per heavy atom. The van der Waals surface area contributed by atoms with Crippen LogP contribution in [0.15, 0.2) is 17.0 Å². The summed E-state index contributed by atoms with van der Waals surface area (Å²) in [5.74, 6) is 1.22. The van der Waals surface area contributed by atoms with Gasteiger partial charge in [0.05, 0.1) is 16.9 Å². The van der Waals surface area contributed by atoms with Crippen molar-refractivity contribution in [2.24, 2.45) is 0 Å². The zero-order valence-corrected chi connectivity index (χ0v) is 14.2. The highest BCUT2D eigenvalue weighted by Gasteiger charge is 2.23. The molecule has 0 saturated carbocycles. The average Bonchev–Trinajstić information content (AvgIpc) is 3.28. The number of hydrogen-bond acceptors (Lipinski definition) is 5. The number of thiazole rings is 1. The van der Waals surface area contributed by atoms with Crippen molar-refractivity contribution < 1.29 is 4.74 Å². The SMILES string of the molecule is c1nc(C2CCN(Cc3cc(C4CCOCC4)n[nH]3)CC2)cs1. The summed E-state index contributed by atoms with van der Waals surface area (Å²) in [6, 6.07) is 2.27. The quantitative estimate of drug-likeness (QED) is 0.934. The number of piperidine rings is 1. The first kappa shape index (κ1) is 15.3. The molecule has 2 fully saturated rings. The molecule has 0 amide bonds. The number of ether oxygens (including phenoxy) is 1. The molecular formula is C17H24N4OS. The lowest BCUT2D eigenvalue weighted by molar-refractivity contribution is 0.0845. The second-order valence-corrected chi connectivity index (χ2v) is 7.39. The molecule has 0 aromatic carbocycles. The summed E-state index contributed by atoms with van der Waals surface area (Å²) in [5, 5.41) is 9.99. The van der Waals surface area contributed by atoms with Crippen LogP contribution in [0.4, 0.5) is 0 Å². The second-order valence-electron chi connectivity index (χ2n) is 6.67. The summed E-state index contributed by atoms with van der Waals surface area (Å²) < 4.78 is 5.44. The zero-order chi connectivity index (χ0) is 15.5. The van der Waals surface area contributed by atoms with Gasteiger partial charge < -0.3 is 4.74 Å². The van der Waals surface area contributed by atoms with Gasteiger partial charge in [-0.05, 0) is 44.8 Å². The lowest BCUT2D eigenvalue weighted by Crippen LogP contribution is -2.32. The van der Waals surface area contributed by atoms with Crippen molar-refractivity contribution in [2.75, 3.05) is 26.3 Å². The Kier molecular flexibility index (Phi) is 4.73. The Labute approximate surface area is 141 Å². The zero-order valence-electron chi connectivity index (χ0n) is 13.4. The van der Waals surface area contributed by atoms with Crippen molar-refractivity contribution in [2.45, 2.75) is 44.1 Å². The van der Waals surface area contributed by atoms with Crippen LogP contribution in [0.5, 0.6) is 0 Å². The van der Waals surface area contributed by atoms with Gasteiger partial charge in [0.1, 0.15) is 0 Å². The molecule has 4 heterocycles. The molecule has 2 aromatic heterocycles. The van der Waals surface area contributed by atoms with E-state index in [9.17, 15) is 0 Å². The Balaban J connectivity index is 1.30. The van der Waals surface area contributed by atoms with Crippen LogP contribution in [0.2, 0.25) is 0 Å². The van der Waals surface area contributed by atoms with E-state index < -0.39 is 0 Å². The number of likely N-dealkylation sites (tertiary alicyclic amines) is 1. The topological polar surface area (TPSA) is 54.0 Å². The summed E-state index contributed by atoms with van der Waals surface area (Å²) in [5.41, 5.74) is 5.71. The number of H-pyrrole nitrogens is 1. The van der Waals surface area contributed by atoms with Crippen molar-refractivity contribution in [1.82, 2.24) is 20.1 Å². The lowest BCUT2D eigenvalue weighted by atomic mass is 9.94. The van der Waals surface area contributed by atoms with Crippen LogP contribution in [-0.4, -0.2) is 46.4 Å². The fourth-order valence-electron chi connectivity index (χ4n) is 3.71. The minimum Gasteiger partial charge on any atom is -0.381 e. The molecule has 4 rings (SSSR count). The number of aromatic nitrogens is 3. The summed E-state index contributed by atoms with van der Waals surface area (Å²) in [6.45, 7) is 5.02. The second kappa shape index (κ2) is 7.11. The lowest BCUT2D eigenvalue weighted by Gasteiger charge is -2.30. The summed E-state index contributed by atoms with van der Waals surface area (Å²) in [7, 11) is 0. The van der Waals surface area contributed by atoms with Crippen LogP contribution >= 0.6 is 11.3 Å². The van der Waals surface area contributed by atoms with Crippen molar-refractivity contribution in [3.05, 3.63) is 34.0 Å². The van der Waals surface area contributed by atoms with Crippen molar-refractivity contribution >= 4 is 11.3 Å². The van der Waals surface area contributed by atoms with Crippen LogP contribution < -0.4 is 0 Å². The third-order valence-corrected chi connectivity index (χ3v) is 5.75. The first-order valence-corrected chi connectivity index (χ1v) is 9.55. The first-order valence-electron chi connectivity index (χ1n) is 8.61. The molecule has 2 aliphatic rings. The average molecular weight is 332 g/mol. The Hall–Kier alpha value is -1.24. The summed E-state index contributed by atoms with van der Waals surface area (Å²) in [6.07, 6.45) is 4.63. The van der Waals surface area contributed by atoms with E-state index in [0.717, 1.165) is 45.7 Å². The summed E-state index contributed by atoms with van der Waals surface area (Å²) >= 11 is 1.71. The fraction of sp³-hybridized carbons (Fsp3) is 0.647. The standard InChI is InChI=1S/C17H24N4OS/c1-5-21(6-2-13(1)17-11-23-12-18-17)10-15-9-16(20-19-15)14-3-7-22-8-4-14/h9,11-14H,1-8,10H2,(H,19,20). The highest BCUT2D eigenvalue weighted by atomic mass is 32.1. The molecule has 1 N–H and O–H groups in total. The minimum absolute atomic E-state index is 0.573. The third-order valence-electron chi connectivity index (χ3n) is 5.14. The minimum atomic E-state index is 0.573. The normalized spacial score (nSPS) is 21.7. The van der Waals surface area contributed by atoms with Gasteiger partial charge in [-0.1, -0.05) is 0 Å². The van der Waals surface area contributed by atoms with Gasteiger partial charge in [0.15, 0.2) is 0 Å². The van der Waals surface area contributed by atoms with E-state index in [-0.39, 0.29) is 0 Å². The van der Waals surface area contributed by atoms with Gasteiger partial charge in [0.2, 0.25) is 0 Å². The van der Waals surface area contributed by atoms with E-state index in [0.29, 0.717) is 11.8 Å². The molecule has 0 radical (unpaired) electrons. The predicted octanol–water partition coefficient (Wildman–Crippen LogP) is 3.14. The fourth-order valence-corrected chi connectivity index (χ4v) is 4.35. The molecule has 2 saturated heterocycles. The highest BCUT2D eigenvalue weighted by molar-refractivity contribution is 7.07. The van der Waals surface area contributed by atoms with Crippen molar-refractivity contribution in [3.8, 4) is 0 Å². The number of nitrogens with one attached hydrogen (secondary N) is 1. The Morgan fingerprint density at radius 2 is 1.91 bits per heavy atom. The maximum absolute atomic E-state index is 5.44. The number of aromatic amines is 1. The van der Waals surface area contributed by atoms with E-state index in [1.54, 1.807) is 11.3 Å². The Bertz CT molecular complexity index is 598. The van der Waals surface area contributed by atoms with E-state index >= 15 is 0 Å². The van der Waals surface area contributed by atoms with Crippen LogP contribution in [-0.2, 0) is 11.3 Å². The molecule has 0 unspecified atom stereocenters. The molecule has 6 heteroatoms. The summed E-state index contributed by atoms with van der Waals surface area (Å²) in [4.78, 5) is 7.01. The number of hydrogen-bond donors (Lipinski definition) is 1. The molecule has 0 bridgehead atoms. The van der Waals surface area contributed by atoms with Crippen LogP contribution in [0.25, 0.3) is 0 Å². The van der Waals surface area contributed by atoms with Gasteiger partial charge in [0.25, 0.3) is 0 Å². The Morgan fingerprint density at radius 3 is 2.65 bits per heavy atom. The maximum Gasteiger partial charge on any atom is 0.0794 e. The molecule has 0 spiro atoms. The molecule has 23 heavy (non-hydrogen) atoms. The third kappa shape index (κ3) is 3.65. The van der Waals surface area contributed by atoms with Crippen molar-refractivity contribution in [1.29, 1.82) is 0 Å². The van der Waals surface area contributed by atoms with E-state index in [4.69, 9.17) is 4.74 Å². The van der Waals surface area contributed by atoms with Crippen LogP contribution in [0, 0.1) is 0 Å². The van der Waals surface area contributed by atoms with Gasteiger partial charge in [-0.2, -0.15) is 5.10 Å². The smallest absolute Gasteiger partial charge is 0.0794 e. The van der Waals surface area contributed by atoms with Crippen LogP contribution in [0.1, 0.15) is 54.6 Å². The molecule has 0 atom stereocenters. The van der Waals surface area contributed by atoms with Crippen molar-refractivity contribution in [3.63, 3.8) is 0 Å². The molecule has 124 valence electrons. The molecule has 2 aliphatic heterocycles. The highest BCUT2D eigenvalue weighted by Crippen LogP contribution is 2.29. The molecule has 0 aliphatic carbocycles. The molecular weight excluding hydrogens is 308 g/mol. The number of nitrogens with zero attached hydrogens (tertiary/aromatic N) is 3. The molecule has 2 aromatic rings. The van der Waals surface area contributed by atoms with E-state index in [1.165, 1.54) is 29.9 Å². The molecule has 5 nitrogen and oxygen atoms in total. The largest absolute Gasteiger partial charge is 0.381 e. The monoisotopic (exact) mass is 332 g/mol. The first-order chi connectivity index (χ1) is 11.4. The van der Waals surface area contributed by atoms with Gasteiger partial charge in [0, 0.05) is 42.7 Å². The number of rotatable bonds is 4. The van der Waals surface area contributed by atoms with Gasteiger partial charge >= 0.3 is 0 Å². The van der Waals surface area contributed by atoms with Gasteiger partial charge in [-0.25, -0.2) is 4.98 Å². The maximum atomic E-state index is 5.44. The van der Waals surface area contributed by atoms with E-state index in [1.807, 2.05) is 5.51 Å². The van der Waals surface area contributed by atoms with Gasteiger partial charge in [-0.15, -0.1) is 11.3 Å². The predicted molar refractivity (Wildman–Crippen MR) is 90.7 cm³/mol. The van der Waals surface area contributed by atoms with E-state index in [2.05, 4.69) is 31.5 Å². The van der Waals surface area contributed by atoms with Gasteiger partial charge in [-0.3, -0.25) is 10.00 Å². The van der Waals surface area contributed by atoms with Crippen LogP contribution in [0.3, 0.4) is 0 Å².